The van der Waals surface area contributed by atoms with E-state index in [1.54, 1.807) is 36.4 Å². The second-order valence-electron chi connectivity index (χ2n) is 6.50. The lowest BCUT2D eigenvalue weighted by atomic mass is 10.2. The molecule has 10 heteroatoms. The normalized spacial score (nSPS) is 24.4. The zero-order valence-electron chi connectivity index (χ0n) is 14.3. The van der Waals surface area contributed by atoms with Crippen molar-refractivity contribution >= 4 is 74.1 Å². The van der Waals surface area contributed by atoms with Gasteiger partial charge >= 0.3 is 0 Å². The highest BCUT2D eigenvalue weighted by Crippen LogP contribution is 2.49. The predicted octanol–water partition coefficient (Wildman–Crippen LogP) is 5.98. The summed E-state index contributed by atoms with van der Waals surface area (Å²) in [6.07, 6.45) is 2.18. The van der Waals surface area contributed by atoms with Crippen LogP contribution in [0.3, 0.4) is 0 Å². The van der Waals surface area contributed by atoms with Crippen molar-refractivity contribution in [3.05, 3.63) is 51.0 Å². The summed E-state index contributed by atoms with van der Waals surface area (Å²) in [5, 5.41) is 0.893. The van der Waals surface area contributed by atoms with Crippen LogP contribution in [0.1, 0.15) is 12.2 Å². The number of benzene rings is 1. The van der Waals surface area contributed by atoms with Gasteiger partial charge in [-0.3, -0.25) is 18.8 Å². The van der Waals surface area contributed by atoms with Gasteiger partial charge in [-0.2, -0.15) is 10.6 Å². The number of carbonyl (C=O) groups is 1. The fourth-order valence-corrected chi connectivity index (χ4v) is 6.59. The van der Waals surface area contributed by atoms with Gasteiger partial charge in [0.15, 0.2) is 0 Å². The van der Waals surface area contributed by atoms with Crippen LogP contribution in [0.4, 0.5) is 0 Å². The third kappa shape index (κ3) is 4.00. The maximum absolute atomic E-state index is 12.8. The van der Waals surface area contributed by atoms with Crippen molar-refractivity contribution in [2.24, 2.45) is 0 Å². The number of hydrogen-bond donors (Lipinski definition) is 2. The Hall–Kier alpha value is -1.000. The standard InChI is InChI=1S/C18H15Cl2NO4S3/c19-13-3-1-10(7-14(13)20)15-4-2-12(25-15)8-16-17(22)21(18(26)27-16)11-5-6-28(23,24)9-11/h1-4,7-8,11,23-24H,5-6,9H2. The first kappa shape index (κ1) is 20.3. The molecule has 1 aromatic heterocycles. The lowest BCUT2D eigenvalue weighted by Crippen LogP contribution is -2.39. The molecule has 2 N–H and O–H groups in total. The lowest BCUT2D eigenvalue weighted by molar-refractivity contribution is -0.123. The van der Waals surface area contributed by atoms with Crippen LogP contribution >= 0.6 is 57.8 Å². The summed E-state index contributed by atoms with van der Waals surface area (Å²) < 4.78 is 25.9. The van der Waals surface area contributed by atoms with E-state index in [9.17, 15) is 13.9 Å². The first-order valence-electron chi connectivity index (χ1n) is 8.29. The highest BCUT2D eigenvalue weighted by molar-refractivity contribution is 8.27. The maximum Gasteiger partial charge on any atom is 0.266 e. The predicted molar refractivity (Wildman–Crippen MR) is 120 cm³/mol. The summed E-state index contributed by atoms with van der Waals surface area (Å²) in [5.41, 5.74) is 0.776. The van der Waals surface area contributed by atoms with Gasteiger partial charge in [0.1, 0.15) is 15.8 Å². The van der Waals surface area contributed by atoms with Gasteiger partial charge in [0.2, 0.25) is 0 Å². The second kappa shape index (κ2) is 7.68. The van der Waals surface area contributed by atoms with Crippen LogP contribution in [0, 0.1) is 0 Å². The van der Waals surface area contributed by atoms with Gasteiger partial charge in [-0.15, -0.1) is 0 Å². The van der Waals surface area contributed by atoms with Gasteiger partial charge in [-0.1, -0.05) is 47.2 Å². The summed E-state index contributed by atoms with van der Waals surface area (Å²) in [7, 11) is -2.61. The lowest BCUT2D eigenvalue weighted by Gasteiger charge is -2.28. The average Bonchev–Trinajstić information content (AvgIpc) is 3.29. The van der Waals surface area contributed by atoms with Gasteiger partial charge in [0.05, 0.1) is 26.7 Å². The SMILES string of the molecule is O=C1C(=Cc2ccc(-c3ccc(Cl)c(Cl)c3)o2)SC(=S)N1C1CCS(O)(O)C1. The third-order valence-electron chi connectivity index (χ3n) is 4.53. The van der Waals surface area contributed by atoms with Crippen molar-refractivity contribution in [2.45, 2.75) is 12.5 Å². The molecule has 2 aliphatic heterocycles. The highest BCUT2D eigenvalue weighted by Gasteiger charge is 2.42. The Kier molecular flexibility index (Phi) is 5.56. The van der Waals surface area contributed by atoms with E-state index in [1.807, 2.05) is 0 Å². The molecule has 0 spiro atoms. The maximum atomic E-state index is 12.8. The number of halogens is 2. The Morgan fingerprint density at radius 2 is 2.04 bits per heavy atom. The monoisotopic (exact) mass is 475 g/mol. The van der Waals surface area contributed by atoms with Crippen molar-refractivity contribution < 1.29 is 18.3 Å². The molecule has 2 aliphatic rings. The fourth-order valence-electron chi connectivity index (χ4n) is 3.16. The van der Waals surface area contributed by atoms with E-state index in [2.05, 4.69) is 0 Å². The molecule has 148 valence electrons. The van der Waals surface area contributed by atoms with E-state index >= 15 is 0 Å². The quantitative estimate of drug-likeness (QED) is 0.420. The Morgan fingerprint density at radius 3 is 2.71 bits per heavy atom. The summed E-state index contributed by atoms with van der Waals surface area (Å²) in [4.78, 5) is 14.7. The van der Waals surface area contributed by atoms with Crippen LogP contribution in [0.15, 0.2) is 39.7 Å². The summed E-state index contributed by atoms with van der Waals surface area (Å²) in [5.74, 6) is 1.36. The molecule has 2 aromatic rings. The molecule has 2 saturated heterocycles. The number of hydrogen-bond acceptors (Lipinski definition) is 6. The molecule has 0 aliphatic carbocycles. The number of carbonyl (C=O) groups excluding carboxylic acids is 1. The molecular formula is C18H15Cl2NO4S3. The first-order valence-corrected chi connectivity index (χ1v) is 12.2. The minimum Gasteiger partial charge on any atom is -0.457 e. The Labute approximate surface area is 183 Å². The van der Waals surface area contributed by atoms with E-state index in [0.29, 0.717) is 43.0 Å². The third-order valence-corrected chi connectivity index (χ3v) is 8.41. The molecule has 1 unspecified atom stereocenters. The highest BCUT2D eigenvalue weighted by atomic mass is 35.5. The molecule has 1 amide bonds. The van der Waals surface area contributed by atoms with Crippen molar-refractivity contribution in [2.75, 3.05) is 11.5 Å². The Morgan fingerprint density at radius 1 is 1.25 bits per heavy atom. The van der Waals surface area contributed by atoms with E-state index in [-0.39, 0.29) is 17.7 Å². The van der Waals surface area contributed by atoms with Crippen molar-refractivity contribution in [3.8, 4) is 11.3 Å². The van der Waals surface area contributed by atoms with Gasteiger partial charge < -0.3 is 4.42 Å². The minimum atomic E-state index is -2.61. The number of thiocarbonyl (C=S) groups is 1. The molecule has 28 heavy (non-hydrogen) atoms. The van der Waals surface area contributed by atoms with Gasteiger partial charge in [0, 0.05) is 17.4 Å². The molecule has 3 heterocycles. The molecule has 0 radical (unpaired) electrons. The summed E-state index contributed by atoms with van der Waals surface area (Å²) in [6, 6.07) is 8.49. The molecule has 2 fully saturated rings. The van der Waals surface area contributed by atoms with Crippen molar-refractivity contribution in [1.29, 1.82) is 0 Å². The van der Waals surface area contributed by atoms with E-state index in [1.165, 1.54) is 16.7 Å². The number of thioether (sulfide) groups is 1. The largest absolute Gasteiger partial charge is 0.457 e. The van der Waals surface area contributed by atoms with Gasteiger partial charge in [-0.05, 0) is 36.8 Å². The fraction of sp³-hybridized carbons (Fsp3) is 0.222. The number of rotatable bonds is 3. The first-order chi connectivity index (χ1) is 13.2. The van der Waals surface area contributed by atoms with E-state index < -0.39 is 10.6 Å². The Bertz CT molecular complexity index is 1000. The van der Waals surface area contributed by atoms with Crippen molar-refractivity contribution in [1.82, 2.24) is 4.90 Å². The second-order valence-corrected chi connectivity index (χ2v) is 11.3. The van der Waals surface area contributed by atoms with Crippen LogP contribution in [0.5, 0.6) is 0 Å². The molecular weight excluding hydrogens is 461 g/mol. The zero-order valence-corrected chi connectivity index (χ0v) is 18.3. The molecule has 5 nitrogen and oxygen atoms in total. The molecule has 1 aromatic carbocycles. The summed E-state index contributed by atoms with van der Waals surface area (Å²) in [6.45, 7) is 0. The van der Waals surface area contributed by atoms with Crippen LogP contribution in [-0.2, 0) is 4.79 Å². The topological polar surface area (TPSA) is 73.9 Å². The van der Waals surface area contributed by atoms with Gasteiger partial charge in [-0.25, -0.2) is 0 Å². The zero-order chi connectivity index (χ0) is 20.1. The van der Waals surface area contributed by atoms with Crippen LogP contribution in [0.2, 0.25) is 10.0 Å². The number of amides is 1. The van der Waals surface area contributed by atoms with E-state index in [4.69, 9.17) is 39.8 Å². The minimum absolute atomic E-state index is 0.176. The molecule has 4 rings (SSSR count). The molecule has 1 atom stereocenters. The Balaban J connectivity index is 1.55. The number of furan rings is 1. The smallest absolute Gasteiger partial charge is 0.266 e. The van der Waals surface area contributed by atoms with Crippen LogP contribution in [0.25, 0.3) is 17.4 Å². The molecule has 0 bridgehead atoms. The number of nitrogens with zero attached hydrogens (tertiary/aromatic N) is 1. The van der Waals surface area contributed by atoms with Crippen LogP contribution < -0.4 is 0 Å². The summed E-state index contributed by atoms with van der Waals surface area (Å²) >= 11 is 18.5. The average molecular weight is 476 g/mol. The van der Waals surface area contributed by atoms with E-state index in [0.717, 1.165) is 5.56 Å². The molecule has 0 saturated carbocycles. The van der Waals surface area contributed by atoms with Gasteiger partial charge in [0.25, 0.3) is 5.91 Å². The van der Waals surface area contributed by atoms with Crippen LogP contribution in [-0.4, -0.2) is 41.8 Å². The van der Waals surface area contributed by atoms with Crippen molar-refractivity contribution in [3.63, 3.8) is 0 Å².